The van der Waals surface area contributed by atoms with Crippen molar-refractivity contribution in [1.82, 2.24) is 9.97 Å². The molecule has 1 aliphatic carbocycles. The maximum atomic E-state index is 13.4. The Morgan fingerprint density at radius 1 is 1.25 bits per heavy atom. The minimum absolute atomic E-state index is 0.0241. The third-order valence-corrected chi connectivity index (χ3v) is 8.45. The van der Waals surface area contributed by atoms with E-state index in [1.165, 1.54) is 18.2 Å². The van der Waals surface area contributed by atoms with Gasteiger partial charge in [0.2, 0.25) is 5.28 Å². The number of anilines is 2. The lowest BCUT2D eigenvalue weighted by Gasteiger charge is -2.34. The van der Waals surface area contributed by atoms with Crippen LogP contribution in [0.2, 0.25) is 10.3 Å². The number of morpholine rings is 1. The second-order valence-corrected chi connectivity index (χ2v) is 10.2. The first-order chi connectivity index (χ1) is 13.2. The Labute approximate surface area is 173 Å². The van der Waals surface area contributed by atoms with E-state index < -0.39 is 14.6 Å². The highest BCUT2D eigenvalue weighted by Gasteiger charge is 2.58. The lowest BCUT2D eigenvalue weighted by Crippen LogP contribution is -2.44. The number of sulfone groups is 1. The molecule has 1 atom stereocenters. The van der Waals surface area contributed by atoms with Crippen LogP contribution in [0.4, 0.5) is 11.5 Å². The lowest BCUT2D eigenvalue weighted by molar-refractivity contribution is 0.0985. The van der Waals surface area contributed by atoms with Crippen molar-refractivity contribution in [2.75, 3.05) is 30.4 Å². The van der Waals surface area contributed by atoms with Crippen LogP contribution in [0.1, 0.15) is 25.5 Å². The van der Waals surface area contributed by atoms with Crippen molar-refractivity contribution in [3.63, 3.8) is 0 Å². The first-order valence-electron chi connectivity index (χ1n) is 8.94. The molecule has 1 saturated carbocycles. The van der Waals surface area contributed by atoms with Gasteiger partial charge in [0, 0.05) is 18.3 Å². The van der Waals surface area contributed by atoms with E-state index in [2.05, 4.69) is 14.9 Å². The van der Waals surface area contributed by atoms with Crippen LogP contribution >= 0.6 is 23.2 Å². The molecular formula is C18H20Cl2N4O3S. The van der Waals surface area contributed by atoms with Gasteiger partial charge in [0.15, 0.2) is 9.84 Å². The second-order valence-electron chi connectivity index (χ2n) is 7.19. The van der Waals surface area contributed by atoms with E-state index in [0.717, 1.165) is 0 Å². The van der Waals surface area contributed by atoms with Crippen molar-refractivity contribution in [3.05, 3.63) is 40.3 Å². The standard InChI is InChI=1S/C18H20Cl2N4O3S/c1-11-10-27-7-6-24(11)16-9-15(22-17(20)23-16)18(4-5-18)28(25,26)14-3-2-12(21)8-13(14)19/h2-3,8-9,11H,4-7,10,21H2,1H3/t11-/m0/s1. The largest absolute Gasteiger partial charge is 0.399 e. The van der Waals surface area contributed by atoms with Gasteiger partial charge in [0.05, 0.1) is 34.9 Å². The summed E-state index contributed by atoms with van der Waals surface area (Å²) in [6.45, 7) is 3.82. The molecule has 1 aliphatic heterocycles. The molecular weight excluding hydrogens is 423 g/mol. The highest BCUT2D eigenvalue weighted by Crippen LogP contribution is 2.56. The van der Waals surface area contributed by atoms with E-state index in [0.29, 0.717) is 49.8 Å². The van der Waals surface area contributed by atoms with Crippen LogP contribution in [0.25, 0.3) is 0 Å². The van der Waals surface area contributed by atoms with Gasteiger partial charge in [-0.15, -0.1) is 0 Å². The van der Waals surface area contributed by atoms with E-state index in [1.54, 1.807) is 6.07 Å². The fourth-order valence-corrected chi connectivity index (χ4v) is 6.25. The molecule has 0 spiro atoms. The topological polar surface area (TPSA) is 98.4 Å². The molecule has 0 bridgehead atoms. The zero-order valence-electron chi connectivity index (χ0n) is 15.2. The molecule has 0 amide bonds. The lowest BCUT2D eigenvalue weighted by atomic mass is 10.2. The Hall–Kier alpha value is -1.61. The normalized spacial score (nSPS) is 21.5. The minimum atomic E-state index is -3.79. The quantitative estimate of drug-likeness (QED) is 0.573. The van der Waals surface area contributed by atoms with Crippen LogP contribution in [0.5, 0.6) is 0 Å². The van der Waals surface area contributed by atoms with Gasteiger partial charge in [-0.25, -0.2) is 18.4 Å². The van der Waals surface area contributed by atoms with Crippen LogP contribution in [-0.4, -0.2) is 44.2 Å². The van der Waals surface area contributed by atoms with Crippen molar-refractivity contribution in [3.8, 4) is 0 Å². The Balaban J connectivity index is 1.78. The van der Waals surface area contributed by atoms with E-state index in [9.17, 15) is 8.42 Å². The number of hydrogen-bond acceptors (Lipinski definition) is 7. The summed E-state index contributed by atoms with van der Waals surface area (Å²) in [6.07, 6.45) is 0.892. The van der Waals surface area contributed by atoms with Crippen molar-refractivity contribution < 1.29 is 13.2 Å². The molecule has 0 radical (unpaired) electrons. The van der Waals surface area contributed by atoms with E-state index in [4.69, 9.17) is 33.7 Å². The predicted octanol–water partition coefficient (Wildman–Crippen LogP) is 3.05. The average molecular weight is 443 g/mol. The Kier molecular flexibility index (Phi) is 4.94. The van der Waals surface area contributed by atoms with Crippen LogP contribution in [0.3, 0.4) is 0 Å². The van der Waals surface area contributed by atoms with Crippen LogP contribution < -0.4 is 10.6 Å². The van der Waals surface area contributed by atoms with Gasteiger partial charge in [-0.2, -0.15) is 0 Å². The fraction of sp³-hybridized carbons (Fsp3) is 0.444. The molecule has 1 aromatic carbocycles. The highest BCUT2D eigenvalue weighted by atomic mass is 35.5. The molecule has 28 heavy (non-hydrogen) atoms. The van der Waals surface area contributed by atoms with Crippen molar-refractivity contribution >= 4 is 44.5 Å². The van der Waals surface area contributed by atoms with Gasteiger partial charge in [-0.05, 0) is 49.6 Å². The van der Waals surface area contributed by atoms with Crippen molar-refractivity contribution in [2.24, 2.45) is 0 Å². The number of benzene rings is 1. The molecule has 150 valence electrons. The Morgan fingerprint density at radius 3 is 2.64 bits per heavy atom. The molecule has 1 aromatic heterocycles. The molecule has 2 fully saturated rings. The van der Waals surface area contributed by atoms with Crippen LogP contribution in [0, 0.1) is 0 Å². The first-order valence-corrected chi connectivity index (χ1v) is 11.2. The molecule has 7 nitrogen and oxygen atoms in total. The SMILES string of the molecule is C[C@H]1COCCN1c1cc(C2(S(=O)(=O)c3ccc(N)cc3Cl)CC2)nc(Cl)n1. The zero-order chi connectivity index (χ0) is 20.1. The maximum absolute atomic E-state index is 13.4. The summed E-state index contributed by atoms with van der Waals surface area (Å²) in [6, 6.07) is 6.25. The molecule has 10 heteroatoms. The molecule has 2 heterocycles. The minimum Gasteiger partial charge on any atom is -0.399 e. The number of hydrogen-bond donors (Lipinski definition) is 1. The van der Waals surface area contributed by atoms with Crippen molar-refractivity contribution in [1.29, 1.82) is 0 Å². The fourth-order valence-electron chi connectivity index (χ4n) is 3.58. The Morgan fingerprint density at radius 2 is 2.00 bits per heavy atom. The summed E-state index contributed by atoms with van der Waals surface area (Å²) >= 11 is 12.4. The first kappa shape index (κ1) is 19.7. The third kappa shape index (κ3) is 3.22. The highest BCUT2D eigenvalue weighted by molar-refractivity contribution is 7.92. The molecule has 4 rings (SSSR count). The molecule has 2 N–H and O–H groups in total. The van der Waals surface area contributed by atoms with Gasteiger partial charge in [0.25, 0.3) is 0 Å². The van der Waals surface area contributed by atoms with Gasteiger partial charge < -0.3 is 15.4 Å². The van der Waals surface area contributed by atoms with Crippen molar-refractivity contribution in [2.45, 2.75) is 35.4 Å². The van der Waals surface area contributed by atoms with E-state index in [-0.39, 0.29) is 21.2 Å². The van der Waals surface area contributed by atoms with Gasteiger partial charge in [0.1, 0.15) is 10.6 Å². The summed E-state index contributed by atoms with van der Waals surface area (Å²) in [7, 11) is -3.79. The number of nitrogens with two attached hydrogens (primary N) is 1. The molecule has 0 unspecified atom stereocenters. The average Bonchev–Trinajstić information content (AvgIpc) is 3.44. The Bertz CT molecular complexity index is 1030. The summed E-state index contributed by atoms with van der Waals surface area (Å²) in [5.41, 5.74) is 6.51. The van der Waals surface area contributed by atoms with Crippen LogP contribution in [0.15, 0.2) is 29.2 Å². The number of aromatic nitrogens is 2. The number of ether oxygens (including phenoxy) is 1. The second kappa shape index (κ2) is 7.02. The van der Waals surface area contributed by atoms with E-state index in [1.807, 2.05) is 6.92 Å². The molecule has 2 aromatic rings. The van der Waals surface area contributed by atoms with Gasteiger partial charge in [-0.1, -0.05) is 11.6 Å². The number of rotatable bonds is 4. The number of nitrogens with zero attached hydrogens (tertiary/aromatic N) is 3. The summed E-state index contributed by atoms with van der Waals surface area (Å²) in [4.78, 5) is 10.7. The smallest absolute Gasteiger partial charge is 0.224 e. The zero-order valence-corrected chi connectivity index (χ0v) is 17.6. The van der Waals surface area contributed by atoms with Gasteiger partial charge >= 0.3 is 0 Å². The van der Waals surface area contributed by atoms with Gasteiger partial charge in [-0.3, -0.25) is 0 Å². The predicted molar refractivity (Wildman–Crippen MR) is 109 cm³/mol. The number of halogens is 2. The van der Waals surface area contributed by atoms with Crippen LogP contribution in [-0.2, 0) is 19.3 Å². The molecule has 2 aliphatic rings. The summed E-state index contributed by atoms with van der Waals surface area (Å²) < 4.78 is 31.2. The third-order valence-electron chi connectivity index (χ3n) is 5.28. The summed E-state index contributed by atoms with van der Waals surface area (Å²) in [5.74, 6) is 0.607. The van der Waals surface area contributed by atoms with E-state index >= 15 is 0 Å². The summed E-state index contributed by atoms with van der Waals surface area (Å²) in [5, 5.41) is 0.129. The number of nitrogen functional groups attached to an aromatic ring is 1. The monoisotopic (exact) mass is 442 g/mol. The molecule has 1 saturated heterocycles. The maximum Gasteiger partial charge on any atom is 0.224 e.